The van der Waals surface area contributed by atoms with Crippen LogP contribution in [0.25, 0.3) is 0 Å². The van der Waals surface area contributed by atoms with E-state index in [-0.39, 0.29) is 17.9 Å². The number of hydrogen-bond donors (Lipinski definition) is 2. The summed E-state index contributed by atoms with van der Waals surface area (Å²) in [5, 5.41) is 2.49. The molecular weight excluding hydrogens is 311 g/mol. The molecule has 0 fully saturated rings. The van der Waals surface area contributed by atoms with E-state index in [4.69, 9.17) is 10.5 Å². The van der Waals surface area contributed by atoms with Crippen LogP contribution in [-0.2, 0) is 20.9 Å². The first-order valence-electron chi connectivity index (χ1n) is 7.21. The number of amides is 1. The third kappa shape index (κ3) is 4.67. The molecule has 0 heterocycles. The Balaban J connectivity index is 2.05. The van der Waals surface area contributed by atoms with E-state index in [1.165, 1.54) is 31.2 Å². The first-order valence-corrected chi connectivity index (χ1v) is 7.21. The van der Waals surface area contributed by atoms with Crippen molar-refractivity contribution in [3.63, 3.8) is 0 Å². The molecule has 3 N–H and O–H groups in total. The molecule has 0 aliphatic heterocycles. The van der Waals surface area contributed by atoms with E-state index in [2.05, 4.69) is 5.32 Å². The average Bonchev–Trinajstić information content (AvgIpc) is 2.56. The van der Waals surface area contributed by atoms with Crippen molar-refractivity contribution in [2.45, 2.75) is 13.5 Å². The average molecular weight is 328 g/mol. The van der Waals surface area contributed by atoms with Crippen molar-refractivity contribution in [2.24, 2.45) is 5.73 Å². The summed E-state index contributed by atoms with van der Waals surface area (Å²) >= 11 is 0. The van der Waals surface area contributed by atoms with Gasteiger partial charge >= 0.3 is 5.97 Å². The van der Waals surface area contributed by atoms with E-state index in [0.717, 1.165) is 5.56 Å². The molecule has 6 heteroatoms. The van der Waals surface area contributed by atoms with E-state index in [1.54, 1.807) is 12.1 Å². The molecule has 0 unspecified atom stereocenters. The van der Waals surface area contributed by atoms with Crippen molar-refractivity contribution in [3.8, 4) is 0 Å². The molecule has 124 valence electrons. The number of allylic oxidation sites excluding steroid dienone is 1. The summed E-state index contributed by atoms with van der Waals surface area (Å²) in [6, 6.07) is 14.2. The zero-order valence-corrected chi connectivity index (χ0v) is 13.1. The maximum atomic E-state index is 12.9. The number of carbonyl (C=O) groups is 2. The fraction of sp³-hybridized carbons (Fsp3) is 0.111. The third-order valence-corrected chi connectivity index (χ3v) is 3.14. The van der Waals surface area contributed by atoms with Gasteiger partial charge in [0, 0.05) is 11.4 Å². The first-order chi connectivity index (χ1) is 11.5. The summed E-state index contributed by atoms with van der Waals surface area (Å²) in [5.41, 5.74) is 6.53. The van der Waals surface area contributed by atoms with E-state index < -0.39 is 17.7 Å². The first kappa shape index (κ1) is 17.2. The smallest absolute Gasteiger partial charge is 0.345 e. The Morgan fingerprint density at radius 2 is 1.71 bits per heavy atom. The fourth-order valence-electron chi connectivity index (χ4n) is 1.95. The molecule has 0 aromatic heterocycles. The minimum Gasteiger partial charge on any atom is -0.457 e. The molecule has 0 saturated heterocycles. The zero-order valence-electron chi connectivity index (χ0n) is 13.1. The fourth-order valence-corrected chi connectivity index (χ4v) is 1.95. The van der Waals surface area contributed by atoms with Crippen LogP contribution in [0.5, 0.6) is 0 Å². The quantitative estimate of drug-likeness (QED) is 0.383. The molecule has 0 atom stereocenters. The lowest BCUT2D eigenvalue weighted by molar-refractivity contribution is -0.141. The molecule has 0 aliphatic carbocycles. The van der Waals surface area contributed by atoms with Crippen LogP contribution < -0.4 is 11.1 Å². The van der Waals surface area contributed by atoms with Gasteiger partial charge in [0.1, 0.15) is 18.0 Å². The van der Waals surface area contributed by atoms with E-state index >= 15 is 0 Å². The number of halogens is 1. The summed E-state index contributed by atoms with van der Waals surface area (Å²) in [6.07, 6.45) is 0. The summed E-state index contributed by atoms with van der Waals surface area (Å²) in [4.78, 5) is 24.4. The van der Waals surface area contributed by atoms with Gasteiger partial charge in [-0.05, 0) is 36.8 Å². The zero-order chi connectivity index (χ0) is 17.5. The second kappa shape index (κ2) is 7.92. The lowest BCUT2D eigenvalue weighted by Crippen LogP contribution is -2.25. The predicted octanol–water partition coefficient (Wildman–Crippen LogP) is 2.74. The van der Waals surface area contributed by atoms with Gasteiger partial charge in [-0.15, -0.1) is 0 Å². The minimum absolute atomic E-state index is 0.0281. The molecule has 5 nitrogen and oxygen atoms in total. The van der Waals surface area contributed by atoms with Gasteiger partial charge in [0.2, 0.25) is 0 Å². The minimum atomic E-state index is -0.821. The van der Waals surface area contributed by atoms with E-state index in [9.17, 15) is 14.0 Å². The highest BCUT2D eigenvalue weighted by Crippen LogP contribution is 2.12. The number of benzene rings is 2. The van der Waals surface area contributed by atoms with Crippen molar-refractivity contribution in [1.82, 2.24) is 0 Å². The molecule has 0 saturated carbocycles. The van der Waals surface area contributed by atoms with Crippen LogP contribution in [-0.4, -0.2) is 11.9 Å². The van der Waals surface area contributed by atoms with Crippen LogP contribution >= 0.6 is 0 Å². The summed E-state index contributed by atoms with van der Waals surface area (Å²) < 4.78 is 18.0. The molecular formula is C18H17FN2O3. The van der Waals surface area contributed by atoms with E-state index in [1.807, 2.05) is 18.2 Å². The SMILES string of the molecule is C/C(N)=C(/C(=O)Nc1ccc(F)cc1)C(=O)OCc1ccccc1. The van der Waals surface area contributed by atoms with Gasteiger partial charge in [-0.2, -0.15) is 0 Å². The highest BCUT2D eigenvalue weighted by molar-refractivity contribution is 6.21. The highest BCUT2D eigenvalue weighted by Gasteiger charge is 2.22. The van der Waals surface area contributed by atoms with Gasteiger partial charge in [-0.3, -0.25) is 4.79 Å². The number of nitrogens with one attached hydrogen (secondary N) is 1. The normalized spacial score (nSPS) is 11.4. The van der Waals surface area contributed by atoms with Crippen molar-refractivity contribution in [1.29, 1.82) is 0 Å². The Bertz CT molecular complexity index is 752. The standard InChI is InChI=1S/C18H17FN2O3/c1-12(20)16(17(22)21-15-9-7-14(19)8-10-15)18(23)24-11-13-5-3-2-4-6-13/h2-10H,11,20H2,1H3,(H,21,22)/b16-12+. The van der Waals surface area contributed by atoms with Gasteiger partial charge in [0.15, 0.2) is 0 Å². The number of hydrogen-bond acceptors (Lipinski definition) is 4. The number of anilines is 1. The van der Waals surface area contributed by atoms with Crippen molar-refractivity contribution in [3.05, 3.63) is 77.2 Å². The van der Waals surface area contributed by atoms with Gasteiger partial charge in [-0.25, -0.2) is 9.18 Å². The van der Waals surface area contributed by atoms with Crippen molar-refractivity contribution >= 4 is 17.6 Å². The van der Waals surface area contributed by atoms with Crippen molar-refractivity contribution < 1.29 is 18.7 Å². The van der Waals surface area contributed by atoms with Crippen LogP contribution in [0, 0.1) is 5.82 Å². The Morgan fingerprint density at radius 1 is 1.08 bits per heavy atom. The van der Waals surface area contributed by atoms with E-state index in [0.29, 0.717) is 5.69 Å². The van der Waals surface area contributed by atoms with Crippen LogP contribution in [0.15, 0.2) is 65.9 Å². The molecule has 2 aromatic carbocycles. The molecule has 0 bridgehead atoms. The topological polar surface area (TPSA) is 81.4 Å². The lowest BCUT2D eigenvalue weighted by Gasteiger charge is -2.11. The maximum absolute atomic E-state index is 12.9. The third-order valence-electron chi connectivity index (χ3n) is 3.14. The summed E-state index contributed by atoms with van der Waals surface area (Å²) in [6.45, 7) is 1.46. The number of carbonyl (C=O) groups excluding carboxylic acids is 2. The number of rotatable bonds is 5. The molecule has 2 rings (SSSR count). The van der Waals surface area contributed by atoms with Gasteiger partial charge < -0.3 is 15.8 Å². The number of ether oxygens (including phenoxy) is 1. The van der Waals surface area contributed by atoms with Crippen LogP contribution in [0.3, 0.4) is 0 Å². The Kier molecular flexibility index (Phi) is 5.68. The largest absolute Gasteiger partial charge is 0.457 e. The number of esters is 1. The van der Waals surface area contributed by atoms with Crippen LogP contribution in [0.2, 0.25) is 0 Å². The van der Waals surface area contributed by atoms with Gasteiger partial charge in [0.25, 0.3) is 5.91 Å². The molecule has 24 heavy (non-hydrogen) atoms. The molecule has 0 radical (unpaired) electrons. The predicted molar refractivity (Wildman–Crippen MR) is 88.2 cm³/mol. The lowest BCUT2D eigenvalue weighted by atomic mass is 10.2. The maximum Gasteiger partial charge on any atom is 0.345 e. The second-order valence-electron chi connectivity index (χ2n) is 5.08. The monoisotopic (exact) mass is 328 g/mol. The Morgan fingerprint density at radius 3 is 2.29 bits per heavy atom. The van der Waals surface area contributed by atoms with Gasteiger partial charge in [-0.1, -0.05) is 30.3 Å². The summed E-state index contributed by atoms with van der Waals surface area (Å²) in [7, 11) is 0. The second-order valence-corrected chi connectivity index (χ2v) is 5.08. The molecule has 2 aromatic rings. The van der Waals surface area contributed by atoms with Crippen LogP contribution in [0.4, 0.5) is 10.1 Å². The number of nitrogens with two attached hydrogens (primary N) is 1. The molecule has 1 amide bonds. The molecule has 0 spiro atoms. The van der Waals surface area contributed by atoms with Crippen molar-refractivity contribution in [2.75, 3.05) is 5.32 Å². The highest BCUT2D eigenvalue weighted by atomic mass is 19.1. The molecule has 0 aliphatic rings. The van der Waals surface area contributed by atoms with Gasteiger partial charge in [0.05, 0.1) is 0 Å². The summed E-state index contributed by atoms with van der Waals surface area (Å²) in [5.74, 6) is -1.96. The Hall–Kier alpha value is -3.15. The van der Waals surface area contributed by atoms with Crippen LogP contribution in [0.1, 0.15) is 12.5 Å². The Labute approximate surface area is 138 Å².